The van der Waals surface area contributed by atoms with Gasteiger partial charge in [0.15, 0.2) is 0 Å². The SMILES string of the molecule is O=C(O)c1cc(CCc2ccco2)ncc1O. The van der Waals surface area contributed by atoms with Crippen LogP contribution in [0.1, 0.15) is 21.8 Å². The Morgan fingerprint density at radius 3 is 2.88 bits per heavy atom. The zero-order valence-electron chi connectivity index (χ0n) is 8.96. The van der Waals surface area contributed by atoms with Crippen LogP contribution in [0, 0.1) is 0 Å². The minimum Gasteiger partial charge on any atom is -0.505 e. The summed E-state index contributed by atoms with van der Waals surface area (Å²) < 4.78 is 5.16. The molecule has 88 valence electrons. The Labute approximate surface area is 97.3 Å². The molecule has 0 aliphatic heterocycles. The minimum absolute atomic E-state index is 0.130. The second-order valence-corrected chi connectivity index (χ2v) is 3.58. The molecule has 5 nitrogen and oxygen atoms in total. The van der Waals surface area contributed by atoms with Crippen LogP contribution in [-0.4, -0.2) is 21.2 Å². The van der Waals surface area contributed by atoms with Crippen LogP contribution in [0.5, 0.6) is 5.75 Å². The van der Waals surface area contributed by atoms with E-state index in [4.69, 9.17) is 9.52 Å². The molecule has 5 heteroatoms. The topological polar surface area (TPSA) is 83.6 Å². The molecular formula is C12H11NO4. The van der Waals surface area contributed by atoms with E-state index in [0.717, 1.165) is 12.0 Å². The summed E-state index contributed by atoms with van der Waals surface area (Å²) in [6.07, 6.45) is 3.95. The summed E-state index contributed by atoms with van der Waals surface area (Å²) in [4.78, 5) is 14.8. The van der Waals surface area contributed by atoms with Gasteiger partial charge in [-0.05, 0) is 24.6 Å². The van der Waals surface area contributed by atoms with Crippen LogP contribution in [-0.2, 0) is 12.8 Å². The summed E-state index contributed by atoms with van der Waals surface area (Å²) in [6, 6.07) is 5.02. The van der Waals surface area contributed by atoms with Gasteiger partial charge in [0.2, 0.25) is 0 Å². The van der Waals surface area contributed by atoms with E-state index in [1.54, 1.807) is 12.3 Å². The smallest absolute Gasteiger partial charge is 0.339 e. The van der Waals surface area contributed by atoms with Gasteiger partial charge in [-0.3, -0.25) is 4.98 Å². The quantitative estimate of drug-likeness (QED) is 0.842. The van der Waals surface area contributed by atoms with E-state index in [-0.39, 0.29) is 11.3 Å². The number of furan rings is 1. The van der Waals surface area contributed by atoms with Crippen molar-refractivity contribution >= 4 is 5.97 Å². The third-order valence-corrected chi connectivity index (χ3v) is 2.38. The standard InChI is InChI=1S/C12H11NO4/c14-11-7-13-8(6-10(11)12(15)16)3-4-9-2-1-5-17-9/h1-2,5-7,14H,3-4H2,(H,15,16). The summed E-state index contributed by atoms with van der Waals surface area (Å²) >= 11 is 0. The van der Waals surface area contributed by atoms with Crippen molar-refractivity contribution in [1.29, 1.82) is 0 Å². The zero-order valence-corrected chi connectivity index (χ0v) is 8.96. The number of carboxylic acid groups (broad SMARTS) is 1. The lowest BCUT2D eigenvalue weighted by molar-refractivity contribution is 0.0693. The molecule has 0 saturated heterocycles. The van der Waals surface area contributed by atoms with Gasteiger partial charge >= 0.3 is 5.97 Å². The number of carbonyl (C=O) groups is 1. The van der Waals surface area contributed by atoms with Crippen LogP contribution < -0.4 is 0 Å². The molecule has 0 spiro atoms. The van der Waals surface area contributed by atoms with E-state index in [2.05, 4.69) is 4.98 Å². The number of hydrogen-bond donors (Lipinski definition) is 2. The van der Waals surface area contributed by atoms with Gasteiger partial charge in [0.1, 0.15) is 17.1 Å². The number of pyridine rings is 1. The lowest BCUT2D eigenvalue weighted by Gasteiger charge is -2.02. The van der Waals surface area contributed by atoms with Gasteiger partial charge in [-0.2, -0.15) is 0 Å². The highest BCUT2D eigenvalue weighted by Crippen LogP contribution is 2.17. The molecular weight excluding hydrogens is 222 g/mol. The fourth-order valence-electron chi connectivity index (χ4n) is 1.51. The summed E-state index contributed by atoms with van der Waals surface area (Å²) in [7, 11) is 0. The Morgan fingerprint density at radius 1 is 1.41 bits per heavy atom. The van der Waals surface area contributed by atoms with Crippen LogP contribution in [0.2, 0.25) is 0 Å². The average Bonchev–Trinajstić information content (AvgIpc) is 2.80. The Kier molecular flexibility index (Phi) is 3.09. The lowest BCUT2D eigenvalue weighted by Crippen LogP contribution is -2.01. The normalized spacial score (nSPS) is 10.4. The number of aromatic hydroxyl groups is 1. The molecule has 0 atom stereocenters. The van der Waals surface area contributed by atoms with Crippen molar-refractivity contribution in [3.63, 3.8) is 0 Å². The van der Waals surface area contributed by atoms with Crippen LogP contribution >= 0.6 is 0 Å². The van der Waals surface area contributed by atoms with Crippen LogP contribution in [0.25, 0.3) is 0 Å². The minimum atomic E-state index is -1.16. The van der Waals surface area contributed by atoms with E-state index in [1.165, 1.54) is 6.07 Å². The number of carboxylic acids is 1. The van der Waals surface area contributed by atoms with Crippen molar-refractivity contribution in [3.05, 3.63) is 47.7 Å². The molecule has 2 heterocycles. The lowest BCUT2D eigenvalue weighted by atomic mass is 10.1. The maximum Gasteiger partial charge on any atom is 0.339 e. The highest BCUT2D eigenvalue weighted by Gasteiger charge is 2.11. The van der Waals surface area contributed by atoms with Crippen molar-refractivity contribution in [1.82, 2.24) is 4.98 Å². The summed E-state index contributed by atoms with van der Waals surface area (Å²) in [5.74, 6) is -0.667. The fourth-order valence-corrected chi connectivity index (χ4v) is 1.51. The van der Waals surface area contributed by atoms with Crippen molar-refractivity contribution in [2.45, 2.75) is 12.8 Å². The molecule has 2 rings (SSSR count). The molecule has 0 amide bonds. The Bertz CT molecular complexity index is 519. The van der Waals surface area contributed by atoms with Gasteiger partial charge in [-0.15, -0.1) is 0 Å². The molecule has 2 aromatic rings. The molecule has 2 aromatic heterocycles. The summed E-state index contributed by atoms with van der Waals surface area (Å²) in [5.41, 5.74) is 0.478. The Balaban J connectivity index is 2.11. The second kappa shape index (κ2) is 4.69. The predicted molar refractivity (Wildman–Crippen MR) is 59.0 cm³/mol. The summed E-state index contributed by atoms with van der Waals surface area (Å²) in [5, 5.41) is 18.1. The molecule has 0 aliphatic rings. The highest BCUT2D eigenvalue weighted by atomic mass is 16.4. The number of nitrogens with zero attached hydrogens (tertiary/aromatic N) is 1. The van der Waals surface area contributed by atoms with E-state index in [0.29, 0.717) is 18.5 Å². The zero-order chi connectivity index (χ0) is 12.3. The van der Waals surface area contributed by atoms with Crippen LogP contribution in [0.4, 0.5) is 0 Å². The van der Waals surface area contributed by atoms with Crippen molar-refractivity contribution in [2.75, 3.05) is 0 Å². The largest absolute Gasteiger partial charge is 0.505 e. The van der Waals surface area contributed by atoms with Crippen molar-refractivity contribution < 1.29 is 19.4 Å². The van der Waals surface area contributed by atoms with Gasteiger partial charge in [-0.1, -0.05) is 0 Å². The number of aromatic carboxylic acids is 1. The third-order valence-electron chi connectivity index (χ3n) is 2.38. The summed E-state index contributed by atoms with van der Waals surface area (Å²) in [6.45, 7) is 0. The maximum atomic E-state index is 10.8. The molecule has 0 bridgehead atoms. The first-order valence-corrected chi connectivity index (χ1v) is 5.10. The van der Waals surface area contributed by atoms with Crippen LogP contribution in [0.3, 0.4) is 0 Å². The predicted octanol–water partition coefficient (Wildman–Crippen LogP) is 1.86. The van der Waals surface area contributed by atoms with Crippen LogP contribution in [0.15, 0.2) is 35.1 Å². The van der Waals surface area contributed by atoms with Gasteiger partial charge in [0.25, 0.3) is 0 Å². The van der Waals surface area contributed by atoms with E-state index >= 15 is 0 Å². The fraction of sp³-hybridized carbons (Fsp3) is 0.167. The Hall–Kier alpha value is -2.30. The van der Waals surface area contributed by atoms with Gasteiger partial charge in [0, 0.05) is 12.1 Å². The van der Waals surface area contributed by atoms with E-state index in [9.17, 15) is 9.90 Å². The molecule has 0 saturated carbocycles. The monoisotopic (exact) mass is 233 g/mol. The number of hydrogen-bond acceptors (Lipinski definition) is 4. The van der Waals surface area contributed by atoms with Crippen molar-refractivity contribution in [3.8, 4) is 5.75 Å². The molecule has 0 radical (unpaired) electrons. The molecule has 0 aromatic carbocycles. The maximum absolute atomic E-state index is 10.8. The number of aryl methyl sites for hydroxylation is 2. The molecule has 0 unspecified atom stereocenters. The molecule has 17 heavy (non-hydrogen) atoms. The Morgan fingerprint density at radius 2 is 2.24 bits per heavy atom. The highest BCUT2D eigenvalue weighted by molar-refractivity contribution is 5.90. The first-order chi connectivity index (χ1) is 8.16. The van der Waals surface area contributed by atoms with Gasteiger partial charge in [0.05, 0.1) is 12.5 Å². The second-order valence-electron chi connectivity index (χ2n) is 3.58. The first kappa shape index (κ1) is 11.2. The number of aromatic nitrogens is 1. The van der Waals surface area contributed by atoms with E-state index in [1.807, 2.05) is 6.07 Å². The van der Waals surface area contributed by atoms with E-state index < -0.39 is 5.97 Å². The molecule has 2 N–H and O–H groups in total. The first-order valence-electron chi connectivity index (χ1n) is 5.10. The third kappa shape index (κ3) is 2.63. The average molecular weight is 233 g/mol. The number of rotatable bonds is 4. The van der Waals surface area contributed by atoms with Crippen molar-refractivity contribution in [2.24, 2.45) is 0 Å². The molecule has 0 aliphatic carbocycles. The van der Waals surface area contributed by atoms with Gasteiger partial charge in [-0.25, -0.2) is 4.79 Å². The molecule has 0 fully saturated rings. The van der Waals surface area contributed by atoms with Gasteiger partial charge < -0.3 is 14.6 Å².